The van der Waals surface area contributed by atoms with E-state index in [4.69, 9.17) is 18.5 Å². The average Bonchev–Trinajstić information content (AvgIpc) is 3.33. The van der Waals surface area contributed by atoms with Crippen LogP contribution in [0.15, 0.2) is 79.0 Å². The smallest absolute Gasteiger partial charge is 0.459 e. The number of carbonyl (C=O) groups is 2. The lowest BCUT2D eigenvalue weighted by molar-refractivity contribution is -0.384. The number of nitrogens with one attached hydrogen (secondary N) is 2. The first kappa shape index (κ1) is 30.8. The number of rotatable bonds is 12. The van der Waals surface area contributed by atoms with Crippen LogP contribution in [0.5, 0.6) is 5.75 Å². The van der Waals surface area contributed by atoms with Crippen LogP contribution in [0, 0.1) is 10.1 Å². The lowest BCUT2D eigenvalue weighted by Crippen LogP contribution is -2.42. The van der Waals surface area contributed by atoms with Gasteiger partial charge in [0.05, 0.1) is 17.6 Å². The van der Waals surface area contributed by atoms with Crippen molar-refractivity contribution in [1.29, 1.82) is 0 Å². The minimum absolute atomic E-state index is 0.0249. The van der Waals surface area contributed by atoms with Crippen LogP contribution in [0.1, 0.15) is 18.9 Å². The molecule has 0 saturated carbocycles. The summed E-state index contributed by atoms with van der Waals surface area (Å²) in [6, 6.07) is 12.3. The van der Waals surface area contributed by atoms with Crippen molar-refractivity contribution in [3.05, 3.63) is 94.7 Å². The van der Waals surface area contributed by atoms with Crippen LogP contribution < -0.4 is 14.9 Å². The van der Waals surface area contributed by atoms with Gasteiger partial charge in [0.25, 0.3) is 11.6 Å². The van der Waals surface area contributed by atoms with Crippen molar-refractivity contribution in [3.8, 4) is 5.75 Å². The van der Waals surface area contributed by atoms with Crippen LogP contribution in [0.25, 0.3) is 0 Å². The number of non-ortho nitro benzene ring substituents is 1. The number of aliphatic hydroxyl groups is 1. The molecule has 0 bridgehead atoms. The Balaban J connectivity index is 1.44. The largest absolute Gasteiger partial charge is 0.460 e. The van der Waals surface area contributed by atoms with Crippen molar-refractivity contribution in [1.82, 2.24) is 15.3 Å². The molecular formula is C26H28FN4O10P. The number of nitro benzene ring substituents is 1. The zero-order valence-corrected chi connectivity index (χ0v) is 23.1. The Labute approximate surface area is 239 Å². The normalized spacial score (nSPS) is 22.5. The number of hydrogen-bond acceptors (Lipinski definition) is 11. The summed E-state index contributed by atoms with van der Waals surface area (Å²) in [5.41, 5.74) is 0.491. The van der Waals surface area contributed by atoms with E-state index >= 15 is 0 Å². The number of carbonyl (C=O) groups excluding carboxylic acids is 2. The van der Waals surface area contributed by atoms with E-state index in [1.807, 2.05) is 6.07 Å². The molecule has 14 nitrogen and oxygen atoms in total. The minimum atomic E-state index is -4.42. The molecule has 0 aromatic heterocycles. The molecule has 16 heteroatoms. The molecule has 1 fully saturated rings. The van der Waals surface area contributed by atoms with E-state index in [0.29, 0.717) is 0 Å². The second kappa shape index (κ2) is 13.2. The van der Waals surface area contributed by atoms with Gasteiger partial charge in [-0.05, 0) is 24.6 Å². The summed E-state index contributed by atoms with van der Waals surface area (Å²) in [7, 11) is -4.42. The van der Waals surface area contributed by atoms with Crippen LogP contribution in [0.2, 0.25) is 0 Å². The lowest BCUT2D eigenvalue weighted by atomic mass is 10.2. The Kier molecular flexibility index (Phi) is 9.70. The van der Waals surface area contributed by atoms with Crippen LogP contribution in [-0.2, 0) is 34.8 Å². The third-order valence-electron chi connectivity index (χ3n) is 6.16. The standard InChI is InChI=1S/C26H28FN4O10P/c1-16(26(34)38-14-18-6-4-3-5-7-18)29-42(37,41-20-10-8-19(9-11-20)31(35)36)39-15-23-22(32)12-24(40-23)30-13-21(27)25(33)28-17(30)2/h3-11,13,16,22-24,32H,2,12,14-15H2,1H3,(H,28,33)(H,29,37)/t16-,22?,23+,24+,42-/m0/s1. The molecule has 0 radical (unpaired) electrons. The monoisotopic (exact) mass is 606 g/mol. The second-order valence-electron chi connectivity index (χ2n) is 9.30. The first-order chi connectivity index (χ1) is 19.9. The number of amides is 1. The zero-order valence-electron chi connectivity index (χ0n) is 22.3. The van der Waals surface area contributed by atoms with Crippen LogP contribution in [0.4, 0.5) is 10.1 Å². The third-order valence-corrected chi connectivity index (χ3v) is 7.81. The topological polar surface area (TPSA) is 179 Å². The van der Waals surface area contributed by atoms with Gasteiger partial charge in [-0.2, -0.15) is 9.48 Å². The van der Waals surface area contributed by atoms with Gasteiger partial charge in [0, 0.05) is 24.8 Å². The summed E-state index contributed by atoms with van der Waals surface area (Å²) in [6.45, 7) is 4.45. The molecule has 1 unspecified atom stereocenters. The predicted molar refractivity (Wildman–Crippen MR) is 144 cm³/mol. The zero-order chi connectivity index (χ0) is 30.4. The van der Waals surface area contributed by atoms with Crippen molar-refractivity contribution in [2.45, 2.75) is 44.4 Å². The van der Waals surface area contributed by atoms with E-state index in [1.54, 1.807) is 24.3 Å². The highest BCUT2D eigenvalue weighted by atomic mass is 31.2. The molecule has 1 amide bonds. The maximum absolute atomic E-state index is 13.9. The molecule has 224 valence electrons. The first-order valence-corrected chi connectivity index (χ1v) is 14.1. The SMILES string of the molecule is C=C1NC(=O)C(F)=CN1[C@H]1CC(O)[C@@H](CO[P@@](=O)(N[C@@H](C)C(=O)OCc2ccccc2)Oc2ccc([N+](=O)[O-])cc2)O1. The Hall–Kier alpha value is -4.14. The molecule has 0 aliphatic carbocycles. The second-order valence-corrected chi connectivity index (χ2v) is 11.0. The van der Waals surface area contributed by atoms with Gasteiger partial charge >= 0.3 is 13.7 Å². The summed E-state index contributed by atoms with van der Waals surface area (Å²) in [5, 5.41) is 26.3. The third kappa shape index (κ3) is 7.78. The molecule has 3 N–H and O–H groups in total. The summed E-state index contributed by atoms with van der Waals surface area (Å²) >= 11 is 0. The molecule has 42 heavy (non-hydrogen) atoms. The average molecular weight is 607 g/mol. The van der Waals surface area contributed by atoms with Gasteiger partial charge in [0.2, 0.25) is 5.83 Å². The van der Waals surface area contributed by atoms with E-state index in [-0.39, 0.29) is 30.3 Å². The van der Waals surface area contributed by atoms with Gasteiger partial charge < -0.3 is 29.3 Å². The van der Waals surface area contributed by atoms with E-state index in [9.17, 15) is 33.8 Å². The molecule has 2 aromatic rings. The van der Waals surface area contributed by atoms with Crippen molar-refractivity contribution in [2.75, 3.05) is 6.61 Å². The molecule has 2 aliphatic heterocycles. The molecule has 1 saturated heterocycles. The highest BCUT2D eigenvalue weighted by molar-refractivity contribution is 7.52. The molecular weight excluding hydrogens is 578 g/mol. The summed E-state index contributed by atoms with van der Waals surface area (Å²) in [4.78, 5) is 35.7. The number of hydrogen-bond donors (Lipinski definition) is 3. The number of ether oxygens (including phenoxy) is 2. The van der Waals surface area contributed by atoms with Crippen molar-refractivity contribution in [2.24, 2.45) is 0 Å². The fourth-order valence-corrected chi connectivity index (χ4v) is 5.48. The fraction of sp³-hybridized carbons (Fsp3) is 0.308. The Bertz CT molecular complexity index is 1410. The van der Waals surface area contributed by atoms with Gasteiger partial charge in [-0.1, -0.05) is 36.9 Å². The van der Waals surface area contributed by atoms with Crippen LogP contribution in [0.3, 0.4) is 0 Å². The van der Waals surface area contributed by atoms with Gasteiger partial charge in [-0.3, -0.25) is 24.2 Å². The van der Waals surface area contributed by atoms with E-state index in [0.717, 1.165) is 23.9 Å². The molecule has 4 rings (SSSR count). The number of benzene rings is 2. The van der Waals surface area contributed by atoms with E-state index in [1.165, 1.54) is 24.0 Å². The van der Waals surface area contributed by atoms with Gasteiger partial charge in [0.15, 0.2) is 0 Å². The number of halogens is 1. The maximum atomic E-state index is 13.9. The Morgan fingerprint density at radius 1 is 1.31 bits per heavy atom. The van der Waals surface area contributed by atoms with E-state index < -0.39 is 61.5 Å². The van der Waals surface area contributed by atoms with Crippen molar-refractivity contribution in [3.63, 3.8) is 0 Å². The number of nitro groups is 1. The first-order valence-electron chi connectivity index (χ1n) is 12.6. The van der Waals surface area contributed by atoms with Crippen molar-refractivity contribution < 1.29 is 47.1 Å². The summed E-state index contributed by atoms with van der Waals surface area (Å²) in [5.74, 6) is -2.88. The Morgan fingerprint density at radius 2 is 2.00 bits per heavy atom. The molecule has 0 spiro atoms. The van der Waals surface area contributed by atoms with Gasteiger partial charge in [-0.15, -0.1) is 0 Å². The minimum Gasteiger partial charge on any atom is -0.460 e. The molecule has 2 aliphatic rings. The quantitative estimate of drug-likeness (QED) is 0.139. The number of aliphatic hydroxyl groups excluding tert-OH is 1. The fourth-order valence-electron chi connectivity index (χ4n) is 3.98. The van der Waals surface area contributed by atoms with Gasteiger partial charge in [-0.25, -0.2) is 4.57 Å². The van der Waals surface area contributed by atoms with Crippen molar-refractivity contribution >= 4 is 25.3 Å². The Morgan fingerprint density at radius 3 is 2.67 bits per heavy atom. The molecule has 2 heterocycles. The maximum Gasteiger partial charge on any atom is 0.459 e. The summed E-state index contributed by atoms with van der Waals surface area (Å²) in [6.07, 6.45) is -2.36. The molecule has 5 atom stereocenters. The number of nitrogens with zero attached hydrogens (tertiary/aromatic N) is 2. The summed E-state index contributed by atoms with van der Waals surface area (Å²) < 4.78 is 49.8. The van der Waals surface area contributed by atoms with Crippen LogP contribution in [-0.4, -0.2) is 57.9 Å². The van der Waals surface area contributed by atoms with Gasteiger partial charge in [0.1, 0.15) is 36.6 Å². The lowest BCUT2D eigenvalue weighted by Gasteiger charge is -2.31. The highest BCUT2D eigenvalue weighted by Crippen LogP contribution is 2.46. The van der Waals surface area contributed by atoms with E-state index in [2.05, 4.69) is 17.0 Å². The highest BCUT2D eigenvalue weighted by Gasteiger charge is 2.41. The van der Waals surface area contributed by atoms with Crippen LogP contribution >= 0.6 is 7.75 Å². The number of esters is 1. The predicted octanol–water partition coefficient (Wildman–Crippen LogP) is 3.01. The molecule has 2 aromatic carbocycles.